The highest BCUT2D eigenvalue weighted by atomic mass is 32.2. The quantitative estimate of drug-likeness (QED) is 0.636. The molecule has 1 aliphatic heterocycles. The molecule has 0 radical (unpaired) electrons. The average molecular weight is 349 g/mol. The molecule has 8 heteroatoms. The molecule has 0 unspecified atom stereocenters. The first-order chi connectivity index (χ1) is 11.4. The fourth-order valence-corrected chi connectivity index (χ4v) is 2.73. The molecule has 2 rings (SSSR count). The number of carboxylic acids is 1. The van der Waals surface area contributed by atoms with Gasteiger partial charge in [0, 0.05) is 0 Å². The number of aliphatic imine (C=N–C) groups is 1. The minimum absolute atomic E-state index is 0.116. The summed E-state index contributed by atoms with van der Waals surface area (Å²) in [5.41, 5.74) is 6.89. The molecule has 128 valence electrons. The van der Waals surface area contributed by atoms with Gasteiger partial charge in [0.25, 0.3) is 5.91 Å². The molecule has 1 amide bonds. The van der Waals surface area contributed by atoms with E-state index in [1.54, 1.807) is 30.0 Å². The van der Waals surface area contributed by atoms with Gasteiger partial charge in [0.2, 0.25) is 0 Å². The zero-order valence-corrected chi connectivity index (χ0v) is 14.0. The fraction of sp³-hybridized carbons (Fsp3) is 0.312. The maximum Gasteiger partial charge on any atom is 0.323 e. The molecule has 4 N–H and O–H groups in total. The number of aliphatic carboxylic acids is 1. The van der Waals surface area contributed by atoms with E-state index in [9.17, 15) is 14.7 Å². The number of carbonyl (C=O) groups excluding carboxylic acids is 1. The number of amides is 1. The molecular weight excluding hydrogens is 330 g/mol. The minimum Gasteiger partial charge on any atom is -0.508 e. The topological polar surface area (TPSA) is 116 Å². The minimum atomic E-state index is -1.13. The van der Waals surface area contributed by atoms with Gasteiger partial charge >= 0.3 is 5.97 Å². The van der Waals surface area contributed by atoms with E-state index in [1.807, 2.05) is 6.26 Å². The van der Waals surface area contributed by atoms with Crippen LogP contribution in [0.1, 0.15) is 12.0 Å². The third-order valence-electron chi connectivity index (χ3n) is 3.43. The lowest BCUT2D eigenvalue weighted by molar-refractivity contribution is -0.140. The first-order valence-corrected chi connectivity index (χ1v) is 8.69. The standard InChI is InChI=1S/C16H19N3O4S/c1-24-7-6-12(17)15-18-13(16(23)19(15)9-14(21)22)8-10-2-4-11(20)5-3-10/h2-5,8,12,20H,6-7,9,17H2,1H3,(H,21,22)/b13-8-/t12-/m0/s1. The van der Waals surface area contributed by atoms with Crippen molar-refractivity contribution in [3.05, 3.63) is 35.5 Å². The Bertz CT molecular complexity index is 685. The zero-order valence-electron chi connectivity index (χ0n) is 13.2. The average Bonchev–Trinajstić information content (AvgIpc) is 2.83. The Kier molecular flexibility index (Phi) is 5.99. The molecule has 1 aromatic carbocycles. The molecule has 0 fully saturated rings. The van der Waals surface area contributed by atoms with E-state index in [1.165, 1.54) is 12.1 Å². The Hall–Kier alpha value is -2.32. The van der Waals surface area contributed by atoms with Gasteiger partial charge in [0.05, 0.1) is 6.04 Å². The van der Waals surface area contributed by atoms with Crippen molar-refractivity contribution in [2.75, 3.05) is 18.6 Å². The highest BCUT2D eigenvalue weighted by Crippen LogP contribution is 2.21. The zero-order chi connectivity index (χ0) is 17.7. The molecule has 1 heterocycles. The van der Waals surface area contributed by atoms with Crippen LogP contribution >= 0.6 is 11.8 Å². The van der Waals surface area contributed by atoms with Crippen molar-refractivity contribution >= 4 is 35.6 Å². The van der Waals surface area contributed by atoms with Crippen LogP contribution < -0.4 is 5.73 Å². The van der Waals surface area contributed by atoms with Crippen molar-refractivity contribution in [1.82, 2.24) is 4.90 Å². The number of benzene rings is 1. The van der Waals surface area contributed by atoms with Crippen molar-refractivity contribution in [2.24, 2.45) is 10.7 Å². The largest absolute Gasteiger partial charge is 0.508 e. The van der Waals surface area contributed by atoms with Gasteiger partial charge in [-0.25, -0.2) is 4.99 Å². The number of nitrogens with zero attached hydrogens (tertiary/aromatic N) is 2. The summed E-state index contributed by atoms with van der Waals surface area (Å²) in [6.07, 6.45) is 4.08. The lowest BCUT2D eigenvalue weighted by Gasteiger charge is -2.20. The first kappa shape index (κ1) is 18.0. The number of carbonyl (C=O) groups is 2. The lowest BCUT2D eigenvalue weighted by atomic mass is 10.2. The smallest absolute Gasteiger partial charge is 0.323 e. The normalized spacial score (nSPS) is 17.2. The summed E-state index contributed by atoms with van der Waals surface area (Å²) in [5, 5.41) is 18.3. The summed E-state index contributed by atoms with van der Waals surface area (Å²) >= 11 is 1.62. The maximum atomic E-state index is 12.5. The van der Waals surface area contributed by atoms with Crippen molar-refractivity contribution < 1.29 is 19.8 Å². The van der Waals surface area contributed by atoms with Crippen LogP contribution in [-0.2, 0) is 9.59 Å². The third-order valence-corrected chi connectivity index (χ3v) is 4.07. The summed E-state index contributed by atoms with van der Waals surface area (Å²) in [7, 11) is 0. The van der Waals surface area contributed by atoms with Gasteiger partial charge in [-0.05, 0) is 42.2 Å². The Morgan fingerprint density at radius 1 is 1.42 bits per heavy atom. The summed E-state index contributed by atoms with van der Waals surface area (Å²) in [5.74, 6) is -0.432. The van der Waals surface area contributed by atoms with E-state index < -0.39 is 24.5 Å². The molecule has 1 aromatic rings. The molecule has 0 spiro atoms. The van der Waals surface area contributed by atoms with Crippen LogP contribution in [0.5, 0.6) is 5.75 Å². The Labute approximate surface area is 143 Å². The van der Waals surface area contributed by atoms with Crippen molar-refractivity contribution in [3.63, 3.8) is 0 Å². The Morgan fingerprint density at radius 3 is 2.67 bits per heavy atom. The summed E-state index contributed by atoms with van der Waals surface area (Å²) in [4.78, 5) is 28.9. The molecule has 0 aliphatic carbocycles. The number of hydrogen-bond acceptors (Lipinski definition) is 6. The van der Waals surface area contributed by atoms with E-state index in [0.29, 0.717) is 12.0 Å². The number of thioether (sulfide) groups is 1. The van der Waals surface area contributed by atoms with E-state index in [0.717, 1.165) is 10.7 Å². The molecule has 0 aromatic heterocycles. The molecule has 7 nitrogen and oxygen atoms in total. The van der Waals surface area contributed by atoms with Crippen molar-refractivity contribution in [1.29, 1.82) is 0 Å². The van der Waals surface area contributed by atoms with Crippen molar-refractivity contribution in [2.45, 2.75) is 12.5 Å². The predicted octanol–water partition coefficient (Wildman–Crippen LogP) is 1.14. The van der Waals surface area contributed by atoms with Crippen LogP contribution in [0.2, 0.25) is 0 Å². The van der Waals surface area contributed by atoms with Crippen LogP contribution in [0.4, 0.5) is 0 Å². The SMILES string of the molecule is CSCC[C@H](N)C1=N/C(=C\c2ccc(O)cc2)C(=O)N1CC(=O)O. The molecule has 0 saturated heterocycles. The summed E-state index contributed by atoms with van der Waals surface area (Å²) in [6, 6.07) is 5.76. The van der Waals surface area contributed by atoms with Gasteiger partial charge < -0.3 is 15.9 Å². The molecule has 0 saturated carbocycles. The van der Waals surface area contributed by atoms with Crippen LogP contribution in [-0.4, -0.2) is 57.4 Å². The van der Waals surface area contributed by atoms with Gasteiger partial charge in [0.1, 0.15) is 23.8 Å². The van der Waals surface area contributed by atoms with Crippen LogP contribution in [0.25, 0.3) is 6.08 Å². The number of carboxylic acid groups (broad SMARTS) is 1. The monoisotopic (exact) mass is 349 g/mol. The van der Waals surface area contributed by atoms with Crippen LogP contribution in [0.3, 0.4) is 0 Å². The van der Waals surface area contributed by atoms with Gasteiger partial charge in [-0.15, -0.1) is 0 Å². The molecule has 1 atom stereocenters. The van der Waals surface area contributed by atoms with Crippen LogP contribution in [0, 0.1) is 0 Å². The molecule has 1 aliphatic rings. The second-order valence-electron chi connectivity index (χ2n) is 5.26. The van der Waals surface area contributed by atoms with Crippen molar-refractivity contribution in [3.8, 4) is 5.75 Å². The second kappa shape index (κ2) is 7.98. The number of amidine groups is 1. The van der Waals surface area contributed by atoms with Gasteiger partial charge in [-0.1, -0.05) is 12.1 Å². The third kappa shape index (κ3) is 4.36. The van der Waals surface area contributed by atoms with E-state index in [2.05, 4.69) is 4.99 Å². The number of aromatic hydroxyl groups is 1. The fourth-order valence-electron chi connectivity index (χ4n) is 2.24. The molecule has 24 heavy (non-hydrogen) atoms. The Morgan fingerprint density at radius 2 is 2.08 bits per heavy atom. The molecular formula is C16H19N3O4S. The van der Waals surface area contributed by atoms with Crippen LogP contribution in [0.15, 0.2) is 35.0 Å². The maximum absolute atomic E-state index is 12.5. The summed E-state index contributed by atoms with van der Waals surface area (Å²) in [6.45, 7) is -0.475. The number of hydrogen-bond donors (Lipinski definition) is 3. The van der Waals surface area contributed by atoms with E-state index in [-0.39, 0.29) is 17.3 Å². The molecule has 0 bridgehead atoms. The van der Waals surface area contributed by atoms with E-state index in [4.69, 9.17) is 10.8 Å². The number of phenols is 1. The number of rotatable bonds is 7. The van der Waals surface area contributed by atoms with Gasteiger partial charge in [-0.2, -0.15) is 11.8 Å². The first-order valence-electron chi connectivity index (χ1n) is 7.30. The highest BCUT2D eigenvalue weighted by Gasteiger charge is 2.34. The predicted molar refractivity (Wildman–Crippen MR) is 93.8 cm³/mol. The second-order valence-corrected chi connectivity index (χ2v) is 6.25. The van der Waals surface area contributed by atoms with Gasteiger partial charge in [0.15, 0.2) is 0 Å². The summed E-state index contributed by atoms with van der Waals surface area (Å²) < 4.78 is 0. The highest BCUT2D eigenvalue weighted by molar-refractivity contribution is 7.98. The number of nitrogens with two attached hydrogens (primary N) is 1. The van der Waals surface area contributed by atoms with Gasteiger partial charge in [-0.3, -0.25) is 14.5 Å². The Balaban J connectivity index is 2.31. The van der Waals surface area contributed by atoms with E-state index >= 15 is 0 Å². The lowest BCUT2D eigenvalue weighted by Crippen LogP contribution is -2.45. The number of phenolic OH excluding ortho intramolecular Hbond substituents is 1.